The lowest BCUT2D eigenvalue weighted by atomic mass is 10.2. The van der Waals surface area contributed by atoms with Gasteiger partial charge in [0.05, 0.1) is 5.71 Å². The summed E-state index contributed by atoms with van der Waals surface area (Å²) in [6, 6.07) is 0.368. The predicted molar refractivity (Wildman–Crippen MR) is 61.4 cm³/mol. The molecule has 0 saturated carbocycles. The zero-order chi connectivity index (χ0) is 10.3. The number of aliphatic imine (C=N–C) groups is 1. The standard InChI is InChI=1S/C12H21N/c1-6-7-8-12(9-10(2)3)13-11(4)5/h7-9,11H,6H2,1-5H3/b8-7+,13-12?. The van der Waals surface area contributed by atoms with E-state index >= 15 is 0 Å². The fourth-order valence-corrected chi connectivity index (χ4v) is 0.961. The number of nitrogens with zero attached hydrogens (tertiary/aromatic N) is 1. The lowest BCUT2D eigenvalue weighted by Crippen LogP contribution is -1.97. The van der Waals surface area contributed by atoms with Crippen LogP contribution in [-0.4, -0.2) is 11.8 Å². The van der Waals surface area contributed by atoms with Gasteiger partial charge in [-0.25, -0.2) is 0 Å². The first-order valence-corrected chi connectivity index (χ1v) is 4.95. The Kier molecular flexibility index (Phi) is 6.21. The van der Waals surface area contributed by atoms with Crippen molar-refractivity contribution < 1.29 is 0 Å². The second-order valence-corrected chi connectivity index (χ2v) is 3.68. The molecule has 0 bridgehead atoms. The zero-order valence-corrected chi connectivity index (χ0v) is 9.46. The van der Waals surface area contributed by atoms with Crippen molar-refractivity contribution in [3.05, 3.63) is 23.8 Å². The molecule has 0 N–H and O–H groups in total. The summed E-state index contributed by atoms with van der Waals surface area (Å²) in [6.07, 6.45) is 7.41. The van der Waals surface area contributed by atoms with Crippen LogP contribution >= 0.6 is 0 Å². The van der Waals surface area contributed by atoms with E-state index in [4.69, 9.17) is 0 Å². The van der Waals surface area contributed by atoms with Crippen LogP contribution in [0.2, 0.25) is 0 Å². The van der Waals surface area contributed by atoms with Crippen molar-refractivity contribution in [2.24, 2.45) is 4.99 Å². The molecule has 0 radical (unpaired) electrons. The zero-order valence-electron chi connectivity index (χ0n) is 9.46. The molecule has 0 aliphatic heterocycles. The number of rotatable bonds is 4. The minimum Gasteiger partial charge on any atom is -0.283 e. The molecule has 74 valence electrons. The molecule has 0 amide bonds. The molecule has 0 aliphatic rings. The Morgan fingerprint density at radius 3 is 2.31 bits per heavy atom. The van der Waals surface area contributed by atoms with Gasteiger partial charge in [0, 0.05) is 6.04 Å². The third-order valence-corrected chi connectivity index (χ3v) is 1.37. The van der Waals surface area contributed by atoms with Gasteiger partial charge in [-0.15, -0.1) is 0 Å². The van der Waals surface area contributed by atoms with Crippen LogP contribution in [0.3, 0.4) is 0 Å². The van der Waals surface area contributed by atoms with Crippen LogP contribution in [0.5, 0.6) is 0 Å². The van der Waals surface area contributed by atoms with E-state index in [0.29, 0.717) is 6.04 Å². The Morgan fingerprint density at radius 1 is 1.31 bits per heavy atom. The number of hydrogen-bond donors (Lipinski definition) is 0. The Balaban J connectivity index is 4.56. The maximum atomic E-state index is 4.51. The molecule has 13 heavy (non-hydrogen) atoms. The summed E-state index contributed by atoms with van der Waals surface area (Å²) >= 11 is 0. The first kappa shape index (κ1) is 12.2. The fourth-order valence-electron chi connectivity index (χ4n) is 0.961. The van der Waals surface area contributed by atoms with Gasteiger partial charge in [-0.2, -0.15) is 0 Å². The van der Waals surface area contributed by atoms with Crippen LogP contribution in [0.25, 0.3) is 0 Å². The van der Waals surface area contributed by atoms with Gasteiger partial charge < -0.3 is 0 Å². The Bertz CT molecular complexity index is 215. The largest absolute Gasteiger partial charge is 0.283 e. The minimum absolute atomic E-state index is 0.368. The molecule has 0 spiro atoms. The van der Waals surface area contributed by atoms with Crippen LogP contribution in [0.4, 0.5) is 0 Å². The van der Waals surface area contributed by atoms with E-state index in [1.54, 1.807) is 0 Å². The maximum Gasteiger partial charge on any atom is 0.0573 e. The average molecular weight is 179 g/mol. The lowest BCUT2D eigenvalue weighted by molar-refractivity contribution is 0.838. The van der Waals surface area contributed by atoms with E-state index in [1.807, 2.05) is 0 Å². The molecule has 1 nitrogen and oxygen atoms in total. The highest BCUT2D eigenvalue weighted by atomic mass is 14.8. The van der Waals surface area contributed by atoms with E-state index in [9.17, 15) is 0 Å². The van der Waals surface area contributed by atoms with Crippen molar-refractivity contribution in [3.8, 4) is 0 Å². The van der Waals surface area contributed by atoms with Crippen LogP contribution in [0.1, 0.15) is 41.0 Å². The molecule has 0 aliphatic carbocycles. The molecule has 0 aromatic heterocycles. The van der Waals surface area contributed by atoms with Crippen molar-refractivity contribution in [2.45, 2.75) is 47.1 Å². The van der Waals surface area contributed by atoms with Gasteiger partial charge in [-0.05, 0) is 46.3 Å². The SMILES string of the molecule is CC/C=C/C(C=C(C)C)=NC(C)C. The molecule has 0 rings (SSSR count). The minimum atomic E-state index is 0.368. The molecule has 0 unspecified atom stereocenters. The predicted octanol–water partition coefficient (Wildman–Crippen LogP) is 3.77. The van der Waals surface area contributed by atoms with Crippen LogP contribution < -0.4 is 0 Å². The van der Waals surface area contributed by atoms with E-state index in [-0.39, 0.29) is 0 Å². The Labute approximate surface area is 82.3 Å². The summed E-state index contributed by atoms with van der Waals surface area (Å²) < 4.78 is 0. The van der Waals surface area contributed by atoms with E-state index < -0.39 is 0 Å². The summed E-state index contributed by atoms with van der Waals surface area (Å²) in [5.41, 5.74) is 2.37. The normalized spacial score (nSPS) is 12.6. The first-order chi connectivity index (χ1) is 6.06. The second kappa shape index (κ2) is 6.64. The van der Waals surface area contributed by atoms with Gasteiger partial charge >= 0.3 is 0 Å². The molecule has 0 atom stereocenters. The average Bonchev–Trinajstić information content (AvgIpc) is 1.98. The van der Waals surface area contributed by atoms with Gasteiger partial charge in [0.25, 0.3) is 0 Å². The highest BCUT2D eigenvalue weighted by Gasteiger charge is 1.91. The van der Waals surface area contributed by atoms with Crippen molar-refractivity contribution in [3.63, 3.8) is 0 Å². The summed E-state index contributed by atoms with van der Waals surface area (Å²) in [4.78, 5) is 4.51. The maximum absolute atomic E-state index is 4.51. The molecule has 0 aromatic rings. The summed E-state index contributed by atoms with van der Waals surface area (Å²) in [5.74, 6) is 0. The highest BCUT2D eigenvalue weighted by molar-refractivity contribution is 6.04. The molecule has 0 heterocycles. The van der Waals surface area contributed by atoms with Crippen molar-refractivity contribution in [1.82, 2.24) is 0 Å². The van der Waals surface area contributed by atoms with Gasteiger partial charge in [-0.1, -0.05) is 18.6 Å². The van der Waals surface area contributed by atoms with E-state index in [0.717, 1.165) is 12.1 Å². The van der Waals surface area contributed by atoms with Gasteiger partial charge in [0.15, 0.2) is 0 Å². The summed E-state index contributed by atoms with van der Waals surface area (Å²) in [7, 11) is 0. The topological polar surface area (TPSA) is 12.4 Å². The summed E-state index contributed by atoms with van der Waals surface area (Å²) in [6.45, 7) is 10.5. The summed E-state index contributed by atoms with van der Waals surface area (Å²) in [5, 5.41) is 0. The van der Waals surface area contributed by atoms with Gasteiger partial charge in [0.1, 0.15) is 0 Å². The monoisotopic (exact) mass is 179 g/mol. The third kappa shape index (κ3) is 7.51. The Hall–Kier alpha value is -0.850. The lowest BCUT2D eigenvalue weighted by Gasteiger charge is -1.99. The smallest absolute Gasteiger partial charge is 0.0573 e. The van der Waals surface area contributed by atoms with Crippen molar-refractivity contribution >= 4 is 5.71 Å². The van der Waals surface area contributed by atoms with E-state index in [2.05, 4.69) is 57.8 Å². The van der Waals surface area contributed by atoms with Crippen LogP contribution in [0.15, 0.2) is 28.8 Å². The van der Waals surface area contributed by atoms with Crippen molar-refractivity contribution in [2.75, 3.05) is 0 Å². The molecular formula is C12H21N. The highest BCUT2D eigenvalue weighted by Crippen LogP contribution is 1.97. The van der Waals surface area contributed by atoms with Crippen LogP contribution in [0, 0.1) is 0 Å². The third-order valence-electron chi connectivity index (χ3n) is 1.37. The number of hydrogen-bond acceptors (Lipinski definition) is 1. The fraction of sp³-hybridized carbons (Fsp3) is 0.583. The molecule has 1 heteroatoms. The molecule has 0 aromatic carbocycles. The Morgan fingerprint density at radius 2 is 1.92 bits per heavy atom. The molecular weight excluding hydrogens is 158 g/mol. The quantitative estimate of drug-likeness (QED) is 0.582. The van der Waals surface area contributed by atoms with Crippen molar-refractivity contribution in [1.29, 1.82) is 0 Å². The van der Waals surface area contributed by atoms with Gasteiger partial charge in [0.2, 0.25) is 0 Å². The first-order valence-electron chi connectivity index (χ1n) is 4.95. The number of allylic oxidation sites excluding steroid dienone is 4. The van der Waals surface area contributed by atoms with Crippen LogP contribution in [-0.2, 0) is 0 Å². The second-order valence-electron chi connectivity index (χ2n) is 3.68. The molecule has 0 fully saturated rings. The molecule has 0 saturated heterocycles. The van der Waals surface area contributed by atoms with Gasteiger partial charge in [-0.3, -0.25) is 4.99 Å². The van der Waals surface area contributed by atoms with E-state index in [1.165, 1.54) is 5.57 Å².